The molecule has 0 saturated carbocycles. The molecule has 2 aliphatic rings. The molecule has 10 heteroatoms. The van der Waals surface area contributed by atoms with E-state index < -0.39 is 42.6 Å². The summed E-state index contributed by atoms with van der Waals surface area (Å²) in [6.07, 6.45) is 0.457. The lowest BCUT2D eigenvalue weighted by Crippen LogP contribution is -2.45. The standard InChI is InChI=1S/C20H19F3N4O3/c21-6-11-1-4-16(25-8-11)18(28)26-12-2-3-15(23)13(5-12)20-10-30-17(7-22)14(20)9-29-19(24)27-20/h1-5,8,14,17H,6-7,9-10H2,(H2,24,27)(H,26,28). The van der Waals surface area contributed by atoms with Crippen molar-refractivity contribution < 1.29 is 27.4 Å². The maximum absolute atomic E-state index is 14.8. The molecule has 0 spiro atoms. The maximum Gasteiger partial charge on any atom is 0.282 e. The molecule has 1 fully saturated rings. The molecule has 0 aliphatic carbocycles. The van der Waals surface area contributed by atoms with Gasteiger partial charge in [-0.1, -0.05) is 6.07 Å². The number of rotatable bonds is 5. The van der Waals surface area contributed by atoms with Crippen molar-refractivity contribution in [2.45, 2.75) is 18.3 Å². The summed E-state index contributed by atoms with van der Waals surface area (Å²) in [4.78, 5) is 20.7. The van der Waals surface area contributed by atoms with Crippen molar-refractivity contribution in [2.24, 2.45) is 16.6 Å². The lowest BCUT2D eigenvalue weighted by molar-refractivity contribution is 0.0528. The van der Waals surface area contributed by atoms with Crippen LogP contribution in [0, 0.1) is 11.7 Å². The van der Waals surface area contributed by atoms with Gasteiger partial charge in [0.25, 0.3) is 11.9 Å². The number of pyridine rings is 1. The van der Waals surface area contributed by atoms with E-state index in [2.05, 4.69) is 15.3 Å². The molecule has 3 atom stereocenters. The van der Waals surface area contributed by atoms with Crippen LogP contribution in [-0.4, -0.2) is 42.9 Å². The van der Waals surface area contributed by atoms with E-state index in [0.29, 0.717) is 5.56 Å². The number of ether oxygens (including phenoxy) is 2. The molecule has 2 aliphatic heterocycles. The van der Waals surface area contributed by atoms with Crippen molar-refractivity contribution in [3.63, 3.8) is 0 Å². The molecular formula is C20H19F3N4O3. The summed E-state index contributed by atoms with van der Waals surface area (Å²) in [5.41, 5.74) is 5.28. The Morgan fingerprint density at radius 1 is 1.30 bits per heavy atom. The number of halogens is 3. The quantitative estimate of drug-likeness (QED) is 0.774. The van der Waals surface area contributed by atoms with Crippen LogP contribution in [0.4, 0.5) is 18.9 Å². The summed E-state index contributed by atoms with van der Waals surface area (Å²) in [5.74, 6) is -1.72. The molecule has 1 amide bonds. The molecule has 0 bridgehead atoms. The summed E-state index contributed by atoms with van der Waals surface area (Å²) in [6, 6.07) is 6.69. The number of anilines is 1. The zero-order valence-electron chi connectivity index (χ0n) is 15.8. The van der Waals surface area contributed by atoms with Gasteiger partial charge in [0, 0.05) is 23.0 Å². The smallest absolute Gasteiger partial charge is 0.282 e. The average Bonchev–Trinajstić information content (AvgIpc) is 3.13. The molecule has 1 aromatic heterocycles. The number of fused-ring (bicyclic) bond motifs is 1. The number of alkyl halides is 2. The van der Waals surface area contributed by atoms with Crippen LogP contribution in [0.2, 0.25) is 0 Å². The van der Waals surface area contributed by atoms with Crippen LogP contribution in [0.25, 0.3) is 0 Å². The summed E-state index contributed by atoms with van der Waals surface area (Å²) in [5, 5.41) is 2.63. The zero-order chi connectivity index (χ0) is 21.3. The Morgan fingerprint density at radius 2 is 2.13 bits per heavy atom. The van der Waals surface area contributed by atoms with Crippen LogP contribution < -0.4 is 11.1 Å². The molecule has 3 heterocycles. The molecular weight excluding hydrogens is 401 g/mol. The van der Waals surface area contributed by atoms with Crippen molar-refractivity contribution >= 4 is 17.6 Å². The fourth-order valence-corrected chi connectivity index (χ4v) is 3.79. The highest BCUT2D eigenvalue weighted by Crippen LogP contribution is 2.46. The molecule has 3 N–H and O–H groups in total. The van der Waals surface area contributed by atoms with Crippen molar-refractivity contribution in [2.75, 3.05) is 25.2 Å². The van der Waals surface area contributed by atoms with E-state index in [0.717, 1.165) is 0 Å². The second-order valence-electron chi connectivity index (χ2n) is 7.13. The van der Waals surface area contributed by atoms with Gasteiger partial charge >= 0.3 is 0 Å². The maximum atomic E-state index is 14.8. The average molecular weight is 420 g/mol. The Bertz CT molecular complexity index is 986. The van der Waals surface area contributed by atoms with Gasteiger partial charge in [0.15, 0.2) is 0 Å². The van der Waals surface area contributed by atoms with E-state index in [1.807, 2.05) is 0 Å². The van der Waals surface area contributed by atoms with Gasteiger partial charge in [-0.15, -0.1) is 0 Å². The van der Waals surface area contributed by atoms with Crippen LogP contribution in [-0.2, 0) is 21.7 Å². The van der Waals surface area contributed by atoms with Crippen LogP contribution in [0.3, 0.4) is 0 Å². The van der Waals surface area contributed by atoms with Crippen LogP contribution in [0.15, 0.2) is 41.5 Å². The Labute approximate surface area is 170 Å². The third-order valence-electron chi connectivity index (χ3n) is 5.35. The van der Waals surface area contributed by atoms with Crippen LogP contribution in [0.1, 0.15) is 21.6 Å². The molecule has 7 nitrogen and oxygen atoms in total. The van der Waals surface area contributed by atoms with Gasteiger partial charge < -0.3 is 20.5 Å². The molecule has 158 valence electrons. The van der Waals surface area contributed by atoms with Gasteiger partial charge in [-0.05, 0) is 24.3 Å². The van der Waals surface area contributed by atoms with Gasteiger partial charge in [-0.3, -0.25) is 9.78 Å². The second kappa shape index (κ2) is 7.94. The molecule has 30 heavy (non-hydrogen) atoms. The van der Waals surface area contributed by atoms with E-state index in [1.54, 1.807) is 0 Å². The summed E-state index contributed by atoms with van der Waals surface area (Å²) in [6.45, 7) is -1.50. The van der Waals surface area contributed by atoms with E-state index in [-0.39, 0.29) is 36.2 Å². The minimum Gasteiger partial charge on any atom is -0.465 e. The first kappa shape index (κ1) is 20.1. The number of amides is 1. The normalized spacial score (nSPS) is 25.2. The molecule has 3 unspecified atom stereocenters. The highest BCUT2D eigenvalue weighted by atomic mass is 19.1. The van der Waals surface area contributed by atoms with Crippen molar-refractivity contribution in [1.82, 2.24) is 4.98 Å². The number of aromatic nitrogens is 1. The highest BCUT2D eigenvalue weighted by Gasteiger charge is 2.55. The number of carbonyl (C=O) groups excluding carboxylic acids is 1. The number of nitrogens with one attached hydrogen (secondary N) is 1. The van der Waals surface area contributed by atoms with Gasteiger partial charge in [-0.25, -0.2) is 18.2 Å². The van der Waals surface area contributed by atoms with E-state index in [1.165, 1.54) is 36.5 Å². The Balaban J connectivity index is 1.66. The van der Waals surface area contributed by atoms with Gasteiger partial charge in [-0.2, -0.15) is 0 Å². The van der Waals surface area contributed by atoms with Gasteiger partial charge in [0.05, 0.1) is 25.2 Å². The number of carbonyl (C=O) groups is 1. The number of aliphatic imine (C=N–C) groups is 1. The zero-order valence-corrected chi connectivity index (χ0v) is 15.8. The third-order valence-corrected chi connectivity index (χ3v) is 5.35. The first-order valence-electron chi connectivity index (χ1n) is 9.25. The van der Waals surface area contributed by atoms with E-state index in [4.69, 9.17) is 15.2 Å². The lowest BCUT2D eigenvalue weighted by atomic mass is 9.78. The Kier molecular flexibility index (Phi) is 5.33. The summed E-state index contributed by atoms with van der Waals surface area (Å²) < 4.78 is 51.6. The fraction of sp³-hybridized carbons (Fsp3) is 0.350. The lowest BCUT2D eigenvalue weighted by Gasteiger charge is -2.35. The van der Waals surface area contributed by atoms with Crippen molar-refractivity contribution in [3.8, 4) is 0 Å². The number of nitrogens with two attached hydrogens (primary N) is 1. The predicted molar refractivity (Wildman–Crippen MR) is 102 cm³/mol. The Hall–Kier alpha value is -3.14. The minimum atomic E-state index is -1.26. The molecule has 1 aromatic carbocycles. The largest absolute Gasteiger partial charge is 0.465 e. The van der Waals surface area contributed by atoms with Gasteiger partial charge in [0.2, 0.25) is 0 Å². The molecule has 2 aromatic rings. The molecule has 1 saturated heterocycles. The fourth-order valence-electron chi connectivity index (χ4n) is 3.79. The number of hydrogen-bond donors (Lipinski definition) is 2. The summed E-state index contributed by atoms with van der Waals surface area (Å²) >= 11 is 0. The van der Waals surface area contributed by atoms with E-state index in [9.17, 15) is 18.0 Å². The van der Waals surface area contributed by atoms with Crippen LogP contribution in [0.5, 0.6) is 0 Å². The monoisotopic (exact) mass is 420 g/mol. The van der Waals surface area contributed by atoms with Crippen molar-refractivity contribution in [1.29, 1.82) is 0 Å². The Morgan fingerprint density at radius 3 is 2.83 bits per heavy atom. The number of nitrogens with zero attached hydrogens (tertiary/aromatic N) is 2. The third kappa shape index (κ3) is 3.47. The predicted octanol–water partition coefficient (Wildman–Crippen LogP) is 2.47. The van der Waals surface area contributed by atoms with Crippen LogP contribution >= 0.6 is 0 Å². The first-order valence-corrected chi connectivity index (χ1v) is 9.25. The second-order valence-corrected chi connectivity index (χ2v) is 7.13. The molecule has 0 radical (unpaired) electrons. The number of hydrogen-bond acceptors (Lipinski definition) is 6. The summed E-state index contributed by atoms with van der Waals surface area (Å²) in [7, 11) is 0. The van der Waals surface area contributed by atoms with E-state index >= 15 is 0 Å². The minimum absolute atomic E-state index is 0.0325. The molecule has 4 rings (SSSR count). The topological polar surface area (TPSA) is 98.8 Å². The SMILES string of the molecule is NC1=NC2(c3cc(NC(=O)c4ccc(CF)cn4)ccc3F)COC(CF)C2CO1. The van der Waals surface area contributed by atoms with Crippen molar-refractivity contribution in [3.05, 3.63) is 59.2 Å². The van der Waals surface area contributed by atoms with Gasteiger partial charge in [0.1, 0.15) is 30.4 Å². The number of benzene rings is 1. The first-order chi connectivity index (χ1) is 14.5. The number of amidine groups is 1. The highest BCUT2D eigenvalue weighted by molar-refractivity contribution is 6.02.